The Hall–Kier alpha value is -1.75. The molecule has 138 valence electrons. The van der Waals surface area contributed by atoms with E-state index in [1.54, 1.807) is 0 Å². The fourth-order valence-electron chi connectivity index (χ4n) is 3.08. The highest BCUT2D eigenvalue weighted by atomic mass is 35.5. The van der Waals surface area contributed by atoms with Crippen LogP contribution >= 0.6 is 11.6 Å². The number of guanidine groups is 1. The fraction of sp³-hybridized carbons (Fsp3) is 0.579. The molecule has 2 rings (SSSR count). The Labute approximate surface area is 155 Å². The van der Waals surface area contributed by atoms with Crippen molar-refractivity contribution in [3.63, 3.8) is 0 Å². The number of piperidine rings is 1. The average molecular weight is 366 g/mol. The summed E-state index contributed by atoms with van der Waals surface area (Å²) in [5.41, 5.74) is 1.17. The Morgan fingerprint density at radius 1 is 1.36 bits per heavy atom. The number of carbonyl (C=O) groups is 1. The topological polar surface area (TPSA) is 53.9 Å². The van der Waals surface area contributed by atoms with Crippen molar-refractivity contribution in [2.75, 3.05) is 33.3 Å². The maximum absolute atomic E-state index is 11.6. The minimum atomic E-state index is -0.0960. The van der Waals surface area contributed by atoms with E-state index in [1.165, 1.54) is 12.7 Å². The largest absolute Gasteiger partial charge is 0.469 e. The maximum Gasteiger partial charge on any atom is 0.308 e. The first-order chi connectivity index (χ1) is 12.2. The molecule has 0 aromatic heterocycles. The lowest BCUT2D eigenvalue weighted by Gasteiger charge is -2.33. The van der Waals surface area contributed by atoms with Crippen molar-refractivity contribution in [1.82, 2.24) is 10.2 Å². The zero-order chi connectivity index (χ0) is 18.1. The molecular weight excluding hydrogens is 338 g/mol. The van der Waals surface area contributed by atoms with E-state index < -0.39 is 0 Å². The second kappa shape index (κ2) is 10.3. The molecule has 1 fully saturated rings. The van der Waals surface area contributed by atoms with Crippen molar-refractivity contribution in [2.24, 2.45) is 10.9 Å². The Bertz CT molecular complexity index is 584. The van der Waals surface area contributed by atoms with Gasteiger partial charge in [0.2, 0.25) is 0 Å². The number of aliphatic imine (C=N–C) groups is 1. The normalized spacial score (nSPS) is 16.0. The number of likely N-dealkylation sites (tertiary alicyclic amines) is 1. The van der Waals surface area contributed by atoms with Crippen molar-refractivity contribution >= 4 is 23.5 Å². The van der Waals surface area contributed by atoms with Gasteiger partial charge in [0, 0.05) is 31.2 Å². The summed E-state index contributed by atoms with van der Waals surface area (Å²) in [6, 6.07) is 7.95. The zero-order valence-electron chi connectivity index (χ0n) is 15.1. The van der Waals surface area contributed by atoms with Crippen molar-refractivity contribution in [3.8, 4) is 0 Å². The van der Waals surface area contributed by atoms with Crippen LogP contribution in [0.4, 0.5) is 0 Å². The van der Waals surface area contributed by atoms with Gasteiger partial charge < -0.3 is 15.0 Å². The summed E-state index contributed by atoms with van der Waals surface area (Å²) in [6.45, 7) is 5.32. The molecule has 0 atom stereocenters. The Balaban J connectivity index is 1.84. The van der Waals surface area contributed by atoms with E-state index in [2.05, 4.69) is 23.2 Å². The number of carbonyl (C=O) groups excluding carboxylic acids is 1. The SMILES string of the molecule is CCNC(=NCCCc1ccccc1Cl)N1CCC(C(=O)OC)CC1. The van der Waals surface area contributed by atoms with E-state index >= 15 is 0 Å². The third-order valence-electron chi connectivity index (χ3n) is 4.49. The summed E-state index contributed by atoms with van der Waals surface area (Å²) in [5.74, 6) is 0.857. The fourth-order valence-corrected chi connectivity index (χ4v) is 3.31. The van der Waals surface area contributed by atoms with Crippen LogP contribution in [-0.2, 0) is 16.0 Å². The number of methoxy groups -OCH3 is 1. The number of aryl methyl sites for hydroxylation is 1. The molecule has 0 radical (unpaired) electrons. The molecular formula is C19H28ClN3O2. The molecule has 1 aromatic rings. The van der Waals surface area contributed by atoms with Gasteiger partial charge in [0.1, 0.15) is 0 Å². The molecule has 0 bridgehead atoms. The smallest absolute Gasteiger partial charge is 0.308 e. The summed E-state index contributed by atoms with van der Waals surface area (Å²) in [4.78, 5) is 18.6. The lowest BCUT2D eigenvalue weighted by molar-refractivity contribution is -0.146. The predicted octanol–water partition coefficient (Wildman–Crippen LogP) is 3.12. The van der Waals surface area contributed by atoms with E-state index in [9.17, 15) is 4.79 Å². The van der Waals surface area contributed by atoms with Crippen LogP contribution in [0.2, 0.25) is 5.02 Å². The van der Waals surface area contributed by atoms with E-state index in [4.69, 9.17) is 21.3 Å². The maximum atomic E-state index is 11.6. The molecule has 0 spiro atoms. The summed E-state index contributed by atoms with van der Waals surface area (Å²) in [7, 11) is 1.46. The monoisotopic (exact) mass is 365 g/mol. The first-order valence-corrected chi connectivity index (χ1v) is 9.38. The van der Waals surface area contributed by atoms with E-state index in [0.29, 0.717) is 0 Å². The highest BCUT2D eigenvalue weighted by Gasteiger charge is 2.26. The number of ether oxygens (including phenoxy) is 1. The molecule has 0 unspecified atom stereocenters. The Morgan fingerprint density at radius 2 is 2.08 bits per heavy atom. The van der Waals surface area contributed by atoms with E-state index in [0.717, 1.165) is 62.8 Å². The van der Waals surface area contributed by atoms with Crippen LogP contribution in [0.1, 0.15) is 31.7 Å². The highest BCUT2D eigenvalue weighted by Crippen LogP contribution is 2.19. The lowest BCUT2D eigenvalue weighted by atomic mass is 9.97. The van der Waals surface area contributed by atoms with Crippen LogP contribution in [0.3, 0.4) is 0 Å². The van der Waals surface area contributed by atoms with Crippen LogP contribution in [0.15, 0.2) is 29.3 Å². The van der Waals surface area contributed by atoms with Crippen LogP contribution in [0.5, 0.6) is 0 Å². The van der Waals surface area contributed by atoms with Crippen molar-refractivity contribution < 1.29 is 9.53 Å². The van der Waals surface area contributed by atoms with Gasteiger partial charge in [-0.15, -0.1) is 0 Å². The molecule has 1 heterocycles. The number of hydrogen-bond acceptors (Lipinski definition) is 3. The van der Waals surface area contributed by atoms with Gasteiger partial charge in [-0.1, -0.05) is 29.8 Å². The number of rotatable bonds is 6. The third-order valence-corrected chi connectivity index (χ3v) is 4.86. The molecule has 5 nitrogen and oxygen atoms in total. The number of nitrogens with one attached hydrogen (secondary N) is 1. The third kappa shape index (κ3) is 5.92. The van der Waals surface area contributed by atoms with E-state index in [1.807, 2.05) is 18.2 Å². The van der Waals surface area contributed by atoms with Crippen LogP contribution < -0.4 is 5.32 Å². The second-order valence-corrected chi connectivity index (χ2v) is 6.62. The molecule has 25 heavy (non-hydrogen) atoms. The molecule has 0 amide bonds. The van der Waals surface area contributed by atoms with Gasteiger partial charge in [0.15, 0.2) is 5.96 Å². The van der Waals surface area contributed by atoms with Gasteiger partial charge in [-0.2, -0.15) is 0 Å². The van der Waals surface area contributed by atoms with Crippen molar-refractivity contribution in [2.45, 2.75) is 32.6 Å². The van der Waals surface area contributed by atoms with Gasteiger partial charge in [-0.25, -0.2) is 0 Å². The standard InChI is InChI=1S/C19H28ClN3O2/c1-3-21-19(23-13-10-16(11-14-23)18(24)25-2)22-12-6-8-15-7-4-5-9-17(15)20/h4-5,7,9,16H,3,6,8,10-14H2,1-2H3,(H,21,22). The molecule has 6 heteroatoms. The summed E-state index contributed by atoms with van der Waals surface area (Å²) < 4.78 is 4.85. The second-order valence-electron chi connectivity index (χ2n) is 6.22. The average Bonchev–Trinajstić information content (AvgIpc) is 2.65. The lowest BCUT2D eigenvalue weighted by Crippen LogP contribution is -2.46. The molecule has 1 aliphatic rings. The minimum absolute atomic E-state index is 0.0179. The quantitative estimate of drug-likeness (QED) is 0.364. The summed E-state index contributed by atoms with van der Waals surface area (Å²) in [6.07, 6.45) is 3.51. The zero-order valence-corrected chi connectivity index (χ0v) is 15.9. The van der Waals surface area contributed by atoms with E-state index in [-0.39, 0.29) is 11.9 Å². The van der Waals surface area contributed by atoms with Gasteiger partial charge in [0.25, 0.3) is 0 Å². The number of nitrogens with zero attached hydrogens (tertiary/aromatic N) is 2. The molecule has 1 aliphatic heterocycles. The summed E-state index contributed by atoms with van der Waals surface area (Å²) >= 11 is 6.19. The number of benzene rings is 1. The Morgan fingerprint density at radius 3 is 2.72 bits per heavy atom. The molecule has 0 aliphatic carbocycles. The molecule has 1 aromatic carbocycles. The van der Waals surface area contributed by atoms with Gasteiger partial charge in [-0.3, -0.25) is 9.79 Å². The van der Waals surface area contributed by atoms with Crippen molar-refractivity contribution in [1.29, 1.82) is 0 Å². The minimum Gasteiger partial charge on any atom is -0.469 e. The molecule has 1 saturated heterocycles. The first-order valence-electron chi connectivity index (χ1n) is 9.00. The number of hydrogen-bond donors (Lipinski definition) is 1. The van der Waals surface area contributed by atoms with Gasteiger partial charge >= 0.3 is 5.97 Å². The number of halogens is 1. The molecule has 0 saturated carbocycles. The first kappa shape index (κ1) is 19.6. The number of esters is 1. The molecule has 1 N–H and O–H groups in total. The summed E-state index contributed by atoms with van der Waals surface area (Å²) in [5, 5.41) is 4.18. The van der Waals surface area contributed by atoms with Gasteiger partial charge in [0.05, 0.1) is 13.0 Å². The predicted molar refractivity (Wildman–Crippen MR) is 102 cm³/mol. The van der Waals surface area contributed by atoms with Crippen LogP contribution in [0, 0.1) is 5.92 Å². The van der Waals surface area contributed by atoms with Gasteiger partial charge in [-0.05, 0) is 44.2 Å². The van der Waals surface area contributed by atoms with Crippen LogP contribution in [0.25, 0.3) is 0 Å². The highest BCUT2D eigenvalue weighted by molar-refractivity contribution is 6.31. The van der Waals surface area contributed by atoms with Crippen LogP contribution in [-0.4, -0.2) is 50.1 Å². The Kier molecular flexibility index (Phi) is 8.06. The van der Waals surface area contributed by atoms with Crippen molar-refractivity contribution in [3.05, 3.63) is 34.9 Å².